The molecule has 0 radical (unpaired) electrons. The van der Waals surface area contributed by atoms with Gasteiger partial charge in [0.2, 0.25) is 5.91 Å². The normalized spacial score (nSPS) is 14.1. The molecule has 1 heterocycles. The van der Waals surface area contributed by atoms with Crippen LogP contribution in [-0.2, 0) is 4.79 Å². The molecule has 1 aromatic rings. The van der Waals surface area contributed by atoms with Crippen molar-refractivity contribution in [3.8, 4) is 5.75 Å². The van der Waals surface area contributed by atoms with Gasteiger partial charge in [0.25, 0.3) is 0 Å². The van der Waals surface area contributed by atoms with Crippen LogP contribution in [0.1, 0.15) is 6.92 Å². The molecule has 0 unspecified atom stereocenters. The quantitative estimate of drug-likeness (QED) is 0.907. The first-order valence-corrected chi connectivity index (χ1v) is 8.08. The Balaban J connectivity index is 1.87. The van der Waals surface area contributed by atoms with E-state index in [2.05, 4.69) is 10.3 Å². The molecule has 0 fully saturated rings. The topological polar surface area (TPSA) is 50.7 Å². The Hall–Kier alpha value is -1.14. The van der Waals surface area contributed by atoms with E-state index in [9.17, 15) is 4.79 Å². The molecule has 0 aliphatic carbocycles. The van der Waals surface area contributed by atoms with Crippen molar-refractivity contribution in [2.45, 2.75) is 6.92 Å². The molecule has 2 rings (SSSR count). The number of benzene rings is 1. The van der Waals surface area contributed by atoms with Gasteiger partial charge in [0.15, 0.2) is 0 Å². The molecule has 102 valence electrons. The second kappa shape index (κ2) is 7.45. The molecular formula is C13H16N2O2S2. The Morgan fingerprint density at radius 3 is 3.11 bits per heavy atom. The summed E-state index contributed by atoms with van der Waals surface area (Å²) in [6, 6.07) is 7.46. The van der Waals surface area contributed by atoms with E-state index in [4.69, 9.17) is 4.74 Å². The Bertz CT molecular complexity index is 477. The minimum Gasteiger partial charge on any atom is -0.492 e. The maximum atomic E-state index is 11.9. The van der Waals surface area contributed by atoms with E-state index in [1.807, 2.05) is 31.2 Å². The van der Waals surface area contributed by atoms with E-state index in [-0.39, 0.29) is 5.91 Å². The van der Waals surface area contributed by atoms with E-state index >= 15 is 0 Å². The number of para-hydroxylation sites is 2. The van der Waals surface area contributed by atoms with Crippen molar-refractivity contribution in [2.75, 3.05) is 30.0 Å². The number of aliphatic imine (C=N–C) groups is 1. The van der Waals surface area contributed by atoms with Gasteiger partial charge in [0, 0.05) is 5.75 Å². The third-order valence-corrected chi connectivity index (χ3v) is 4.60. The maximum Gasteiger partial charge on any atom is 0.234 e. The Kier molecular flexibility index (Phi) is 5.60. The zero-order valence-corrected chi connectivity index (χ0v) is 12.4. The molecule has 0 spiro atoms. The fourth-order valence-corrected chi connectivity index (χ4v) is 3.38. The summed E-state index contributed by atoms with van der Waals surface area (Å²) in [6.07, 6.45) is 0. The summed E-state index contributed by atoms with van der Waals surface area (Å²) >= 11 is 3.20. The van der Waals surface area contributed by atoms with Crippen LogP contribution >= 0.6 is 23.5 Å². The highest BCUT2D eigenvalue weighted by Crippen LogP contribution is 2.25. The molecule has 1 amide bonds. The van der Waals surface area contributed by atoms with E-state index in [0.717, 1.165) is 22.4 Å². The van der Waals surface area contributed by atoms with Gasteiger partial charge in [-0.15, -0.1) is 0 Å². The maximum absolute atomic E-state index is 11.9. The molecule has 6 heteroatoms. The van der Waals surface area contributed by atoms with E-state index in [1.165, 1.54) is 11.8 Å². The van der Waals surface area contributed by atoms with Gasteiger partial charge >= 0.3 is 0 Å². The molecule has 4 nitrogen and oxygen atoms in total. The van der Waals surface area contributed by atoms with Gasteiger partial charge in [-0.2, -0.15) is 0 Å². The number of nitrogens with zero attached hydrogens (tertiary/aromatic N) is 1. The number of amides is 1. The van der Waals surface area contributed by atoms with Crippen molar-refractivity contribution < 1.29 is 9.53 Å². The predicted molar refractivity (Wildman–Crippen MR) is 83.5 cm³/mol. The summed E-state index contributed by atoms with van der Waals surface area (Å²) in [5.41, 5.74) is 0.718. The molecule has 0 bridgehead atoms. The molecular weight excluding hydrogens is 280 g/mol. The van der Waals surface area contributed by atoms with Crippen molar-refractivity contribution in [1.82, 2.24) is 0 Å². The molecule has 1 N–H and O–H groups in total. The van der Waals surface area contributed by atoms with Crippen LogP contribution in [0.3, 0.4) is 0 Å². The number of carbonyl (C=O) groups excluding carboxylic acids is 1. The second-order valence-corrected chi connectivity index (χ2v) is 6.07. The lowest BCUT2D eigenvalue weighted by atomic mass is 10.3. The van der Waals surface area contributed by atoms with Crippen LogP contribution in [0.4, 0.5) is 5.69 Å². The van der Waals surface area contributed by atoms with E-state index < -0.39 is 0 Å². The highest BCUT2D eigenvalue weighted by molar-refractivity contribution is 8.39. The molecule has 0 saturated heterocycles. The Labute approximate surface area is 121 Å². The zero-order chi connectivity index (χ0) is 13.5. The standard InChI is InChI=1S/C13H16N2O2S2/c1-2-17-11-6-4-3-5-10(11)15-12(16)9-19-13-14-7-8-18-13/h3-6H,2,7-9H2,1H3,(H,15,16). The number of ether oxygens (including phenoxy) is 1. The van der Waals surface area contributed by atoms with Crippen molar-refractivity contribution >= 4 is 39.5 Å². The number of anilines is 1. The van der Waals surface area contributed by atoms with Crippen LogP contribution in [0, 0.1) is 0 Å². The number of thioether (sulfide) groups is 2. The first kappa shape index (κ1) is 14.3. The third kappa shape index (κ3) is 4.47. The average Bonchev–Trinajstić information content (AvgIpc) is 2.92. The highest BCUT2D eigenvalue weighted by atomic mass is 32.2. The summed E-state index contributed by atoms with van der Waals surface area (Å²) in [5.74, 6) is 2.08. The molecule has 1 aromatic carbocycles. The third-order valence-electron chi connectivity index (χ3n) is 2.35. The summed E-state index contributed by atoms with van der Waals surface area (Å²) < 4.78 is 6.47. The number of hydrogen-bond donors (Lipinski definition) is 1. The lowest BCUT2D eigenvalue weighted by Crippen LogP contribution is -2.15. The molecule has 0 saturated carbocycles. The molecule has 0 aromatic heterocycles. The van der Waals surface area contributed by atoms with Crippen molar-refractivity contribution in [3.63, 3.8) is 0 Å². The van der Waals surface area contributed by atoms with E-state index in [1.54, 1.807) is 11.8 Å². The predicted octanol–water partition coefficient (Wildman–Crippen LogP) is 2.86. The van der Waals surface area contributed by atoms with Crippen LogP contribution in [0.25, 0.3) is 0 Å². The summed E-state index contributed by atoms with van der Waals surface area (Å²) in [7, 11) is 0. The number of nitrogens with one attached hydrogen (secondary N) is 1. The molecule has 1 aliphatic heterocycles. The molecule has 19 heavy (non-hydrogen) atoms. The molecule has 0 atom stereocenters. The van der Waals surface area contributed by atoms with Gasteiger partial charge in [-0.25, -0.2) is 0 Å². The zero-order valence-electron chi connectivity index (χ0n) is 10.7. The number of carbonyl (C=O) groups is 1. The summed E-state index contributed by atoms with van der Waals surface area (Å²) in [6.45, 7) is 3.36. The fraction of sp³-hybridized carbons (Fsp3) is 0.385. The number of rotatable bonds is 5. The van der Waals surface area contributed by atoms with Crippen LogP contribution in [0.5, 0.6) is 5.75 Å². The average molecular weight is 296 g/mol. The SMILES string of the molecule is CCOc1ccccc1NC(=O)CSC1=NCCS1. The van der Waals surface area contributed by atoms with Crippen LogP contribution in [0.15, 0.2) is 29.3 Å². The van der Waals surface area contributed by atoms with Gasteiger partial charge in [0.1, 0.15) is 10.1 Å². The van der Waals surface area contributed by atoms with Gasteiger partial charge in [-0.1, -0.05) is 35.7 Å². The van der Waals surface area contributed by atoms with Gasteiger partial charge in [0.05, 0.1) is 24.6 Å². The van der Waals surface area contributed by atoms with Gasteiger partial charge in [-0.05, 0) is 19.1 Å². The lowest BCUT2D eigenvalue weighted by molar-refractivity contribution is -0.113. The van der Waals surface area contributed by atoms with Crippen LogP contribution in [0.2, 0.25) is 0 Å². The summed E-state index contributed by atoms with van der Waals surface area (Å²) in [4.78, 5) is 16.2. The highest BCUT2D eigenvalue weighted by Gasteiger charge is 2.12. The lowest BCUT2D eigenvalue weighted by Gasteiger charge is -2.10. The smallest absolute Gasteiger partial charge is 0.234 e. The minimum absolute atomic E-state index is 0.0349. The van der Waals surface area contributed by atoms with Crippen molar-refractivity contribution in [1.29, 1.82) is 0 Å². The largest absolute Gasteiger partial charge is 0.492 e. The van der Waals surface area contributed by atoms with Crippen molar-refractivity contribution in [2.24, 2.45) is 4.99 Å². The number of hydrogen-bond acceptors (Lipinski definition) is 5. The Morgan fingerprint density at radius 2 is 2.37 bits per heavy atom. The first-order chi connectivity index (χ1) is 9.29. The molecule has 1 aliphatic rings. The van der Waals surface area contributed by atoms with Gasteiger partial charge < -0.3 is 10.1 Å². The monoisotopic (exact) mass is 296 g/mol. The summed E-state index contributed by atoms with van der Waals surface area (Å²) in [5, 5.41) is 2.87. The van der Waals surface area contributed by atoms with Crippen LogP contribution in [-0.4, -0.2) is 34.9 Å². The first-order valence-electron chi connectivity index (χ1n) is 6.11. The van der Waals surface area contributed by atoms with Crippen LogP contribution < -0.4 is 10.1 Å². The van der Waals surface area contributed by atoms with E-state index in [0.29, 0.717) is 18.1 Å². The van der Waals surface area contributed by atoms with Gasteiger partial charge in [-0.3, -0.25) is 9.79 Å². The second-order valence-electron chi connectivity index (χ2n) is 3.76. The minimum atomic E-state index is -0.0349. The fourth-order valence-electron chi connectivity index (χ4n) is 1.57. The Morgan fingerprint density at radius 1 is 1.53 bits per heavy atom. The van der Waals surface area contributed by atoms with Crippen molar-refractivity contribution in [3.05, 3.63) is 24.3 Å².